The monoisotopic (exact) mass is 438 g/mol. The highest BCUT2D eigenvalue weighted by Gasteiger charge is 2.28. The Morgan fingerprint density at radius 3 is 1.85 bits per heavy atom. The van der Waals surface area contributed by atoms with Crippen LogP contribution in [-0.2, 0) is 22.5 Å². The molecule has 0 saturated heterocycles. The molecule has 0 atom stereocenters. The Morgan fingerprint density at radius 1 is 1.00 bits per heavy atom. The van der Waals surface area contributed by atoms with E-state index in [1.807, 2.05) is 6.92 Å². The molecule has 6 nitrogen and oxygen atoms in total. The molecule has 0 unspecified atom stereocenters. The smallest absolute Gasteiger partial charge is 0.333 e. The van der Waals surface area contributed by atoms with Crippen molar-refractivity contribution in [3.8, 4) is 0 Å². The van der Waals surface area contributed by atoms with Crippen LogP contribution in [0, 0.1) is 0 Å². The average molecular weight is 439 g/mol. The maximum Gasteiger partial charge on any atom is 0.333 e. The normalized spacial score (nSPS) is 11.8. The lowest BCUT2D eigenvalue weighted by atomic mass is 10.4. The zero-order valence-corrected chi connectivity index (χ0v) is 21.9. The van der Waals surface area contributed by atoms with Crippen molar-refractivity contribution in [1.29, 1.82) is 0 Å². The van der Waals surface area contributed by atoms with E-state index in [2.05, 4.69) is 45.9 Å². The SMILES string of the molecule is C=C(C)C(=O)OCCOCCC[SiH](O[Si](C)(C)C)O[Si](C)(C)C.CCCO. The van der Waals surface area contributed by atoms with Gasteiger partial charge in [0.15, 0.2) is 16.6 Å². The van der Waals surface area contributed by atoms with Crippen LogP contribution >= 0.6 is 0 Å². The van der Waals surface area contributed by atoms with E-state index in [4.69, 9.17) is 22.8 Å². The van der Waals surface area contributed by atoms with E-state index in [-0.39, 0.29) is 12.6 Å². The van der Waals surface area contributed by atoms with Gasteiger partial charge in [-0.2, -0.15) is 0 Å². The van der Waals surface area contributed by atoms with Crippen molar-refractivity contribution in [3.05, 3.63) is 12.2 Å². The Bertz CT molecular complexity index is 387. The lowest BCUT2D eigenvalue weighted by Gasteiger charge is -2.30. The van der Waals surface area contributed by atoms with Gasteiger partial charge in [-0.1, -0.05) is 13.5 Å². The molecule has 0 aliphatic carbocycles. The van der Waals surface area contributed by atoms with Crippen LogP contribution in [0.4, 0.5) is 0 Å². The van der Waals surface area contributed by atoms with Crippen LogP contribution in [0.1, 0.15) is 26.7 Å². The van der Waals surface area contributed by atoms with Crippen molar-refractivity contribution >= 4 is 31.9 Å². The summed E-state index contributed by atoms with van der Waals surface area (Å²) in [4.78, 5) is 11.2. The zero-order chi connectivity index (χ0) is 21.5. The predicted molar refractivity (Wildman–Crippen MR) is 119 cm³/mol. The van der Waals surface area contributed by atoms with Gasteiger partial charge in [0, 0.05) is 18.8 Å². The van der Waals surface area contributed by atoms with E-state index in [9.17, 15) is 4.79 Å². The first-order valence-electron chi connectivity index (χ1n) is 9.69. The van der Waals surface area contributed by atoms with Crippen LogP contribution in [0.5, 0.6) is 0 Å². The maximum atomic E-state index is 11.2. The molecule has 0 aliphatic rings. The van der Waals surface area contributed by atoms with Crippen LogP contribution in [0.3, 0.4) is 0 Å². The third-order valence-electron chi connectivity index (χ3n) is 2.73. The zero-order valence-electron chi connectivity index (χ0n) is 18.7. The van der Waals surface area contributed by atoms with Crippen molar-refractivity contribution < 1.29 is 27.6 Å². The van der Waals surface area contributed by atoms with Gasteiger partial charge in [0.2, 0.25) is 0 Å². The summed E-state index contributed by atoms with van der Waals surface area (Å²) >= 11 is 0. The summed E-state index contributed by atoms with van der Waals surface area (Å²) < 4.78 is 23.0. The highest BCUT2D eigenvalue weighted by molar-refractivity contribution is 6.81. The van der Waals surface area contributed by atoms with Gasteiger partial charge < -0.3 is 22.8 Å². The molecule has 0 aromatic carbocycles. The fourth-order valence-corrected chi connectivity index (χ4v) is 10.1. The summed E-state index contributed by atoms with van der Waals surface area (Å²) in [6.07, 6.45) is 1.79. The van der Waals surface area contributed by atoms with Gasteiger partial charge in [0.05, 0.1) is 6.61 Å². The summed E-state index contributed by atoms with van der Waals surface area (Å²) in [7, 11) is -4.77. The molecule has 0 aliphatic heterocycles. The minimum Gasteiger partial charge on any atom is -0.460 e. The van der Waals surface area contributed by atoms with Crippen molar-refractivity contribution in [3.63, 3.8) is 0 Å². The van der Waals surface area contributed by atoms with Crippen LogP contribution in [0.2, 0.25) is 45.3 Å². The van der Waals surface area contributed by atoms with Gasteiger partial charge in [-0.3, -0.25) is 0 Å². The summed E-state index contributed by atoms with van der Waals surface area (Å²) in [5.74, 6) is -0.367. The van der Waals surface area contributed by atoms with E-state index in [1.165, 1.54) is 0 Å². The van der Waals surface area contributed by atoms with Crippen molar-refractivity contribution in [2.24, 2.45) is 0 Å². The highest BCUT2D eigenvalue weighted by atomic mass is 28.4. The molecule has 0 fully saturated rings. The Labute approximate surface area is 170 Å². The van der Waals surface area contributed by atoms with Crippen molar-refractivity contribution in [2.45, 2.75) is 72.0 Å². The molecule has 162 valence electrons. The van der Waals surface area contributed by atoms with E-state index in [1.54, 1.807) is 6.92 Å². The predicted octanol–water partition coefficient (Wildman–Crippen LogP) is 3.82. The molecular formula is C18H42O6Si3. The molecule has 0 aromatic heterocycles. The van der Waals surface area contributed by atoms with Crippen LogP contribution in [0.15, 0.2) is 12.2 Å². The molecule has 27 heavy (non-hydrogen) atoms. The van der Waals surface area contributed by atoms with Gasteiger partial charge in [0.1, 0.15) is 6.61 Å². The summed E-state index contributed by atoms with van der Waals surface area (Å²) in [6, 6.07) is 0.958. The number of carbonyl (C=O) groups excluding carboxylic acids is 1. The number of hydrogen-bond donors (Lipinski definition) is 1. The lowest BCUT2D eigenvalue weighted by molar-refractivity contribution is -0.140. The molecule has 9 heteroatoms. The summed E-state index contributed by atoms with van der Waals surface area (Å²) in [6.45, 7) is 21.9. The van der Waals surface area contributed by atoms with E-state index in [0.717, 1.165) is 18.9 Å². The van der Waals surface area contributed by atoms with Gasteiger partial charge in [-0.25, -0.2) is 4.79 Å². The minimum atomic E-state index is -1.63. The maximum absolute atomic E-state index is 11.2. The first-order valence-corrected chi connectivity index (χ1v) is 18.3. The molecule has 0 rings (SSSR count). The quantitative estimate of drug-likeness (QED) is 0.204. The molecule has 0 aromatic rings. The largest absolute Gasteiger partial charge is 0.460 e. The van der Waals surface area contributed by atoms with Crippen LogP contribution in [0.25, 0.3) is 0 Å². The van der Waals surface area contributed by atoms with Gasteiger partial charge >= 0.3 is 15.3 Å². The number of carbonyl (C=O) groups is 1. The van der Waals surface area contributed by atoms with Gasteiger partial charge in [0.25, 0.3) is 0 Å². The molecule has 0 heterocycles. The average Bonchev–Trinajstić information content (AvgIpc) is 2.50. The van der Waals surface area contributed by atoms with Crippen molar-refractivity contribution in [2.75, 3.05) is 26.4 Å². The number of aliphatic hydroxyl groups excluding tert-OH is 1. The Hall–Kier alpha value is -0.299. The molecular weight excluding hydrogens is 396 g/mol. The number of hydrogen-bond acceptors (Lipinski definition) is 6. The third kappa shape index (κ3) is 23.7. The van der Waals surface area contributed by atoms with E-state index < -0.39 is 25.9 Å². The molecule has 0 saturated carbocycles. The second-order valence-corrected chi connectivity index (χ2v) is 20.1. The number of esters is 1. The fourth-order valence-electron chi connectivity index (χ4n) is 1.70. The van der Waals surface area contributed by atoms with Crippen molar-refractivity contribution in [1.82, 2.24) is 0 Å². The summed E-state index contributed by atoms with van der Waals surface area (Å²) in [5.41, 5.74) is 0.408. The lowest BCUT2D eigenvalue weighted by Crippen LogP contribution is -2.43. The molecule has 1 N–H and O–H groups in total. The first kappa shape index (κ1) is 28.9. The second-order valence-electron chi connectivity index (χ2n) is 8.28. The first-order chi connectivity index (χ1) is 12.3. The Morgan fingerprint density at radius 2 is 1.48 bits per heavy atom. The number of rotatable bonds is 13. The van der Waals surface area contributed by atoms with E-state index in [0.29, 0.717) is 25.4 Å². The van der Waals surface area contributed by atoms with Crippen LogP contribution < -0.4 is 0 Å². The second kappa shape index (κ2) is 15.6. The Balaban J connectivity index is 0. The third-order valence-corrected chi connectivity index (χ3v) is 11.4. The van der Waals surface area contributed by atoms with Gasteiger partial charge in [-0.15, -0.1) is 0 Å². The molecule has 0 radical (unpaired) electrons. The Kier molecular flexibility index (Phi) is 16.7. The molecule has 0 amide bonds. The standard InChI is InChI=1S/C15H34O5Si3.C3H8O/c1-14(2)15(16)18-12-11-17-10-9-13-21(19-22(3,4)5)20-23(6,7)8;1-2-3-4/h21H,1,9-13H2,2-8H3;4H,2-3H2,1H3. The number of aliphatic hydroxyl groups is 1. The number of ether oxygens (including phenoxy) is 2. The van der Waals surface area contributed by atoms with Gasteiger partial charge in [-0.05, 0) is 65.1 Å². The minimum absolute atomic E-state index is 0.267. The molecule has 0 spiro atoms. The van der Waals surface area contributed by atoms with Crippen LogP contribution in [-0.4, -0.2) is 63.4 Å². The highest BCUT2D eigenvalue weighted by Crippen LogP contribution is 2.15. The topological polar surface area (TPSA) is 74.2 Å². The fraction of sp³-hybridized carbons (Fsp3) is 0.833. The summed E-state index contributed by atoms with van der Waals surface area (Å²) in [5, 5.41) is 7.88. The van der Waals surface area contributed by atoms with E-state index >= 15 is 0 Å². The molecule has 0 bridgehead atoms.